The fourth-order valence-electron chi connectivity index (χ4n) is 2.46. The third kappa shape index (κ3) is 2.01. The van der Waals surface area contributed by atoms with Crippen LogP contribution in [-0.2, 0) is 0 Å². The Bertz CT molecular complexity index is 160. The zero-order valence-electron chi connectivity index (χ0n) is 8.98. The van der Waals surface area contributed by atoms with Crippen LogP contribution in [0.15, 0.2) is 0 Å². The van der Waals surface area contributed by atoms with Gasteiger partial charge in [-0.25, -0.2) is 0 Å². The molecule has 1 unspecified atom stereocenters. The van der Waals surface area contributed by atoms with Crippen molar-refractivity contribution in [3.8, 4) is 0 Å². The number of nitrogens with two attached hydrogens (primary N) is 1. The fraction of sp³-hybridized carbons (Fsp3) is 1.00. The van der Waals surface area contributed by atoms with Crippen molar-refractivity contribution in [2.45, 2.75) is 58.9 Å². The Hall–Kier alpha value is -0.0400. The molecule has 0 aromatic heterocycles. The van der Waals surface area contributed by atoms with Gasteiger partial charge in [-0.15, -0.1) is 0 Å². The second-order valence-electron chi connectivity index (χ2n) is 5.58. The first-order valence-corrected chi connectivity index (χ1v) is 5.15. The Morgan fingerprint density at radius 3 is 2.08 bits per heavy atom. The lowest BCUT2D eigenvalue weighted by Crippen LogP contribution is -2.50. The van der Waals surface area contributed by atoms with Crippen LogP contribution in [-0.4, -0.2) is 5.54 Å². The van der Waals surface area contributed by atoms with Crippen LogP contribution in [0.1, 0.15) is 53.4 Å². The van der Waals surface area contributed by atoms with Crippen molar-refractivity contribution in [1.82, 2.24) is 0 Å². The summed E-state index contributed by atoms with van der Waals surface area (Å²) < 4.78 is 0. The lowest BCUT2D eigenvalue weighted by atomic mass is 9.65. The maximum atomic E-state index is 6.38. The predicted molar refractivity (Wildman–Crippen MR) is 54.0 cm³/mol. The topological polar surface area (TPSA) is 26.0 Å². The maximum absolute atomic E-state index is 6.38. The van der Waals surface area contributed by atoms with Crippen LogP contribution in [0.4, 0.5) is 0 Å². The highest BCUT2D eigenvalue weighted by atomic mass is 14.8. The summed E-state index contributed by atoms with van der Waals surface area (Å²) in [5, 5.41) is 0. The molecule has 1 aliphatic carbocycles. The van der Waals surface area contributed by atoms with Crippen molar-refractivity contribution in [3.63, 3.8) is 0 Å². The highest BCUT2D eigenvalue weighted by Gasteiger charge is 2.38. The van der Waals surface area contributed by atoms with Gasteiger partial charge >= 0.3 is 0 Å². The van der Waals surface area contributed by atoms with Gasteiger partial charge in [-0.3, -0.25) is 0 Å². The molecule has 12 heavy (non-hydrogen) atoms. The number of hydrogen-bond donors (Lipinski definition) is 1. The van der Waals surface area contributed by atoms with Crippen LogP contribution in [0, 0.1) is 11.3 Å². The molecule has 0 amide bonds. The summed E-state index contributed by atoms with van der Waals surface area (Å²) in [6.07, 6.45) is 5.06. The molecule has 1 fully saturated rings. The standard InChI is InChI=1S/C11H23N/c1-9(2)11(12)7-5-6-10(3,4)8-11/h9H,5-8,12H2,1-4H3. The molecule has 2 N–H and O–H groups in total. The van der Waals surface area contributed by atoms with E-state index < -0.39 is 0 Å². The van der Waals surface area contributed by atoms with Gasteiger partial charge in [0.2, 0.25) is 0 Å². The monoisotopic (exact) mass is 169 g/mol. The maximum Gasteiger partial charge on any atom is 0.0182 e. The van der Waals surface area contributed by atoms with Crippen molar-refractivity contribution in [1.29, 1.82) is 0 Å². The van der Waals surface area contributed by atoms with E-state index in [9.17, 15) is 0 Å². The van der Waals surface area contributed by atoms with Crippen LogP contribution in [0.5, 0.6) is 0 Å². The third-order valence-electron chi connectivity index (χ3n) is 3.45. The third-order valence-corrected chi connectivity index (χ3v) is 3.45. The molecule has 0 spiro atoms. The van der Waals surface area contributed by atoms with E-state index >= 15 is 0 Å². The van der Waals surface area contributed by atoms with E-state index in [1.54, 1.807) is 0 Å². The number of rotatable bonds is 1. The van der Waals surface area contributed by atoms with Gasteiger partial charge in [0.1, 0.15) is 0 Å². The van der Waals surface area contributed by atoms with Crippen molar-refractivity contribution in [2.24, 2.45) is 17.1 Å². The van der Waals surface area contributed by atoms with Gasteiger partial charge < -0.3 is 5.73 Å². The van der Waals surface area contributed by atoms with Crippen LogP contribution >= 0.6 is 0 Å². The van der Waals surface area contributed by atoms with E-state index in [1.807, 2.05) is 0 Å². The fourth-order valence-corrected chi connectivity index (χ4v) is 2.46. The molecular weight excluding hydrogens is 146 g/mol. The van der Waals surface area contributed by atoms with E-state index in [4.69, 9.17) is 5.73 Å². The Kier molecular flexibility index (Phi) is 2.53. The van der Waals surface area contributed by atoms with Gasteiger partial charge in [-0.1, -0.05) is 34.1 Å². The Balaban J connectivity index is 2.68. The zero-order valence-corrected chi connectivity index (χ0v) is 8.98. The summed E-state index contributed by atoms with van der Waals surface area (Å²) in [6.45, 7) is 9.19. The predicted octanol–water partition coefficient (Wildman–Crippen LogP) is 2.94. The summed E-state index contributed by atoms with van der Waals surface area (Å²) in [7, 11) is 0. The van der Waals surface area contributed by atoms with Crippen LogP contribution in [0.2, 0.25) is 0 Å². The molecule has 0 aromatic rings. The molecule has 1 nitrogen and oxygen atoms in total. The molecule has 1 atom stereocenters. The van der Waals surface area contributed by atoms with E-state index in [1.165, 1.54) is 25.7 Å². The molecule has 1 saturated carbocycles. The second-order valence-corrected chi connectivity index (χ2v) is 5.58. The minimum atomic E-state index is 0.113. The van der Waals surface area contributed by atoms with E-state index in [-0.39, 0.29) is 5.54 Å². The van der Waals surface area contributed by atoms with Gasteiger partial charge in [0.05, 0.1) is 0 Å². The lowest BCUT2D eigenvalue weighted by molar-refractivity contribution is 0.115. The van der Waals surface area contributed by atoms with Crippen LogP contribution in [0.3, 0.4) is 0 Å². The summed E-state index contributed by atoms with van der Waals surface area (Å²) in [5.41, 5.74) is 6.96. The molecule has 0 aromatic carbocycles. The first-order chi connectivity index (χ1) is 5.36. The van der Waals surface area contributed by atoms with Crippen molar-refractivity contribution >= 4 is 0 Å². The molecular formula is C11H23N. The first kappa shape index (κ1) is 10.0. The van der Waals surface area contributed by atoms with Crippen molar-refractivity contribution in [2.75, 3.05) is 0 Å². The summed E-state index contributed by atoms with van der Waals surface area (Å²) in [4.78, 5) is 0. The largest absolute Gasteiger partial charge is 0.325 e. The van der Waals surface area contributed by atoms with Crippen LogP contribution < -0.4 is 5.73 Å². The van der Waals surface area contributed by atoms with Crippen molar-refractivity contribution < 1.29 is 0 Å². The Labute approximate surface area is 76.7 Å². The second kappa shape index (κ2) is 3.02. The molecule has 0 heterocycles. The van der Waals surface area contributed by atoms with Crippen molar-refractivity contribution in [3.05, 3.63) is 0 Å². The quantitative estimate of drug-likeness (QED) is 0.641. The van der Waals surface area contributed by atoms with Gasteiger partial charge in [0.25, 0.3) is 0 Å². The molecule has 1 aliphatic rings. The van der Waals surface area contributed by atoms with Gasteiger partial charge in [0, 0.05) is 5.54 Å². The highest BCUT2D eigenvalue weighted by Crippen LogP contribution is 2.42. The minimum absolute atomic E-state index is 0.113. The summed E-state index contributed by atoms with van der Waals surface area (Å²) in [5.74, 6) is 0.622. The minimum Gasteiger partial charge on any atom is -0.325 e. The summed E-state index contributed by atoms with van der Waals surface area (Å²) in [6, 6.07) is 0. The highest BCUT2D eigenvalue weighted by molar-refractivity contribution is 4.96. The molecule has 1 rings (SSSR count). The molecule has 0 saturated heterocycles. The molecule has 72 valence electrons. The SMILES string of the molecule is CC(C)C1(N)CCCC(C)(C)C1. The molecule has 0 aliphatic heterocycles. The first-order valence-electron chi connectivity index (χ1n) is 5.15. The van der Waals surface area contributed by atoms with E-state index in [0.717, 1.165) is 0 Å². The van der Waals surface area contributed by atoms with Crippen LogP contribution in [0.25, 0.3) is 0 Å². The zero-order chi connectivity index (χ0) is 9.41. The summed E-state index contributed by atoms with van der Waals surface area (Å²) >= 11 is 0. The smallest absolute Gasteiger partial charge is 0.0182 e. The van der Waals surface area contributed by atoms with E-state index in [0.29, 0.717) is 11.3 Å². The average Bonchev–Trinajstić information content (AvgIpc) is 1.83. The van der Waals surface area contributed by atoms with Gasteiger partial charge in [-0.05, 0) is 30.6 Å². The van der Waals surface area contributed by atoms with Gasteiger partial charge in [0.15, 0.2) is 0 Å². The lowest BCUT2D eigenvalue weighted by Gasteiger charge is -2.45. The van der Waals surface area contributed by atoms with Gasteiger partial charge in [-0.2, -0.15) is 0 Å². The molecule has 0 bridgehead atoms. The average molecular weight is 169 g/mol. The Morgan fingerprint density at radius 1 is 1.17 bits per heavy atom. The molecule has 1 heteroatoms. The normalized spacial score (nSPS) is 35.5. The number of hydrogen-bond acceptors (Lipinski definition) is 1. The van der Waals surface area contributed by atoms with E-state index in [2.05, 4.69) is 27.7 Å². The molecule has 0 radical (unpaired) electrons. The Morgan fingerprint density at radius 2 is 1.75 bits per heavy atom.